The fourth-order valence-electron chi connectivity index (χ4n) is 2.36. The van der Waals surface area contributed by atoms with Gasteiger partial charge in [-0.05, 0) is 26.2 Å². The summed E-state index contributed by atoms with van der Waals surface area (Å²) in [5.74, 6) is -0.197. The van der Waals surface area contributed by atoms with Crippen LogP contribution in [0.15, 0.2) is 0 Å². The van der Waals surface area contributed by atoms with E-state index in [1.165, 1.54) is 0 Å². The monoisotopic (exact) mass is 285 g/mol. The molecule has 3 N–H and O–H groups in total. The lowest BCUT2D eigenvalue weighted by molar-refractivity contribution is -0.141. The predicted octanol–water partition coefficient (Wildman–Crippen LogP) is 0.673. The van der Waals surface area contributed by atoms with Crippen molar-refractivity contribution in [3.8, 4) is 0 Å². The molecule has 19 heavy (non-hydrogen) atoms. The highest BCUT2D eigenvalue weighted by Crippen LogP contribution is 2.27. The first kappa shape index (κ1) is 15.9. The van der Waals surface area contributed by atoms with Crippen molar-refractivity contribution in [1.29, 1.82) is 0 Å². The Morgan fingerprint density at radius 2 is 2.16 bits per heavy atom. The van der Waals surface area contributed by atoms with Gasteiger partial charge >= 0.3 is 0 Å². The molecule has 5 nitrogen and oxygen atoms in total. The Bertz CT molecular complexity index is 386. The average Bonchev–Trinajstić information content (AvgIpc) is 2.44. The first-order chi connectivity index (χ1) is 8.86. The van der Waals surface area contributed by atoms with E-state index in [4.69, 9.17) is 18.0 Å². The molecule has 0 aromatic rings. The van der Waals surface area contributed by atoms with Gasteiger partial charge in [-0.25, -0.2) is 0 Å². The van der Waals surface area contributed by atoms with Gasteiger partial charge in [0.1, 0.15) is 0 Å². The quantitative estimate of drug-likeness (QED) is 0.745. The van der Waals surface area contributed by atoms with Gasteiger partial charge in [0.15, 0.2) is 0 Å². The summed E-state index contributed by atoms with van der Waals surface area (Å²) in [7, 11) is 1.62. The molecule has 6 heteroatoms. The number of amides is 2. The van der Waals surface area contributed by atoms with Crippen LogP contribution in [0.25, 0.3) is 0 Å². The average molecular weight is 285 g/mol. The van der Waals surface area contributed by atoms with Gasteiger partial charge in [-0.2, -0.15) is 0 Å². The van der Waals surface area contributed by atoms with Crippen LogP contribution in [-0.4, -0.2) is 41.8 Å². The van der Waals surface area contributed by atoms with Gasteiger partial charge in [0.05, 0.1) is 16.3 Å². The lowest BCUT2D eigenvalue weighted by Crippen LogP contribution is -2.53. The van der Waals surface area contributed by atoms with Crippen LogP contribution in [-0.2, 0) is 9.59 Å². The minimum atomic E-state index is -0.806. The van der Waals surface area contributed by atoms with Crippen LogP contribution < -0.4 is 11.1 Å². The van der Waals surface area contributed by atoms with Crippen LogP contribution in [0.5, 0.6) is 0 Å². The van der Waals surface area contributed by atoms with E-state index in [9.17, 15) is 9.59 Å². The highest BCUT2D eigenvalue weighted by Gasteiger charge is 2.40. The Morgan fingerprint density at radius 1 is 1.53 bits per heavy atom. The van der Waals surface area contributed by atoms with Crippen molar-refractivity contribution in [1.82, 2.24) is 10.2 Å². The topological polar surface area (TPSA) is 75.4 Å². The molecule has 108 valence electrons. The van der Waals surface area contributed by atoms with Gasteiger partial charge < -0.3 is 16.0 Å². The van der Waals surface area contributed by atoms with Crippen molar-refractivity contribution in [3.63, 3.8) is 0 Å². The Balaban J connectivity index is 2.82. The third-order valence-electron chi connectivity index (χ3n) is 4.05. The summed E-state index contributed by atoms with van der Waals surface area (Å²) in [5, 5.41) is 2.64. The summed E-state index contributed by atoms with van der Waals surface area (Å²) in [6, 6.07) is 0. The number of piperidine rings is 1. The second kappa shape index (κ2) is 6.32. The molecular formula is C13H23N3O2S. The molecule has 1 aliphatic rings. The second-order valence-corrected chi connectivity index (χ2v) is 5.69. The molecule has 2 amide bonds. The molecule has 1 heterocycles. The number of carbonyl (C=O) groups is 2. The van der Waals surface area contributed by atoms with Gasteiger partial charge in [-0.1, -0.05) is 19.1 Å². The lowest BCUT2D eigenvalue weighted by Gasteiger charge is -2.37. The molecule has 2 atom stereocenters. The van der Waals surface area contributed by atoms with Crippen LogP contribution in [0.3, 0.4) is 0 Å². The molecule has 1 rings (SSSR count). The molecule has 0 radical (unpaired) electrons. The van der Waals surface area contributed by atoms with E-state index in [0.29, 0.717) is 19.5 Å². The summed E-state index contributed by atoms with van der Waals surface area (Å²) >= 11 is 5.03. The van der Waals surface area contributed by atoms with Crippen molar-refractivity contribution in [3.05, 3.63) is 0 Å². The standard InChI is InChI=1S/C13H23N3O2S/c1-4-13(2,11(14)19)12(18)16-7-5-6-9(8-16)10(17)15-3/h9H,4-8H2,1-3H3,(H2,14,19)(H,15,17). The van der Waals surface area contributed by atoms with Crippen LogP contribution in [0.2, 0.25) is 0 Å². The number of thiocarbonyl (C=S) groups is 1. The third kappa shape index (κ3) is 3.23. The molecule has 0 bridgehead atoms. The van der Waals surface area contributed by atoms with Gasteiger partial charge in [0.25, 0.3) is 0 Å². The van der Waals surface area contributed by atoms with E-state index in [2.05, 4.69) is 5.32 Å². The first-order valence-corrected chi connectivity index (χ1v) is 7.08. The number of hydrogen-bond donors (Lipinski definition) is 2. The van der Waals surface area contributed by atoms with Crippen molar-refractivity contribution in [2.75, 3.05) is 20.1 Å². The van der Waals surface area contributed by atoms with E-state index in [1.807, 2.05) is 6.92 Å². The Labute approximate surface area is 119 Å². The van der Waals surface area contributed by atoms with E-state index in [-0.39, 0.29) is 22.7 Å². The number of nitrogens with zero attached hydrogens (tertiary/aromatic N) is 1. The third-order valence-corrected chi connectivity index (χ3v) is 4.50. The maximum absolute atomic E-state index is 12.6. The highest BCUT2D eigenvalue weighted by atomic mass is 32.1. The zero-order chi connectivity index (χ0) is 14.6. The van der Waals surface area contributed by atoms with Crippen LogP contribution in [0.4, 0.5) is 0 Å². The van der Waals surface area contributed by atoms with Crippen molar-refractivity contribution >= 4 is 29.0 Å². The fourth-order valence-corrected chi connectivity index (χ4v) is 2.59. The van der Waals surface area contributed by atoms with Crippen LogP contribution in [0.1, 0.15) is 33.1 Å². The van der Waals surface area contributed by atoms with E-state index >= 15 is 0 Å². The largest absolute Gasteiger partial charge is 0.392 e. The van der Waals surface area contributed by atoms with E-state index in [0.717, 1.165) is 12.8 Å². The predicted molar refractivity (Wildman–Crippen MR) is 78.6 cm³/mol. The minimum absolute atomic E-state index is 0.00831. The molecule has 0 aliphatic carbocycles. The summed E-state index contributed by atoms with van der Waals surface area (Å²) in [5.41, 5.74) is 4.91. The summed E-state index contributed by atoms with van der Waals surface area (Å²) < 4.78 is 0. The van der Waals surface area contributed by atoms with E-state index < -0.39 is 5.41 Å². The molecule has 0 saturated carbocycles. The van der Waals surface area contributed by atoms with Gasteiger partial charge in [-0.15, -0.1) is 0 Å². The molecule has 1 fully saturated rings. The number of hydrogen-bond acceptors (Lipinski definition) is 3. The number of likely N-dealkylation sites (tertiary alicyclic amines) is 1. The normalized spacial score (nSPS) is 22.5. The van der Waals surface area contributed by atoms with Gasteiger partial charge in [-0.3, -0.25) is 9.59 Å². The maximum atomic E-state index is 12.6. The number of nitrogens with two attached hydrogens (primary N) is 1. The number of carbonyl (C=O) groups excluding carboxylic acids is 2. The summed E-state index contributed by atoms with van der Waals surface area (Å²) in [6.45, 7) is 4.81. The Kier molecular flexibility index (Phi) is 5.29. The Morgan fingerprint density at radius 3 is 2.63 bits per heavy atom. The molecule has 0 aromatic carbocycles. The highest BCUT2D eigenvalue weighted by molar-refractivity contribution is 7.80. The zero-order valence-corrected chi connectivity index (χ0v) is 12.7. The SMILES string of the molecule is CCC(C)(C(=O)N1CCCC(C(=O)NC)C1)C(N)=S. The second-order valence-electron chi connectivity index (χ2n) is 5.25. The van der Waals surface area contributed by atoms with Crippen molar-refractivity contribution in [2.24, 2.45) is 17.1 Å². The van der Waals surface area contributed by atoms with Crippen molar-refractivity contribution in [2.45, 2.75) is 33.1 Å². The number of nitrogens with one attached hydrogen (secondary N) is 1. The van der Waals surface area contributed by atoms with E-state index in [1.54, 1.807) is 18.9 Å². The fraction of sp³-hybridized carbons (Fsp3) is 0.769. The zero-order valence-electron chi connectivity index (χ0n) is 11.9. The lowest BCUT2D eigenvalue weighted by atomic mass is 9.84. The minimum Gasteiger partial charge on any atom is -0.392 e. The summed E-state index contributed by atoms with van der Waals surface area (Å²) in [4.78, 5) is 26.2. The molecule has 2 unspecified atom stereocenters. The maximum Gasteiger partial charge on any atom is 0.235 e. The van der Waals surface area contributed by atoms with Crippen LogP contribution >= 0.6 is 12.2 Å². The van der Waals surface area contributed by atoms with Crippen molar-refractivity contribution < 1.29 is 9.59 Å². The van der Waals surface area contributed by atoms with Gasteiger partial charge in [0.2, 0.25) is 11.8 Å². The summed E-state index contributed by atoms with van der Waals surface area (Å²) in [6.07, 6.45) is 2.22. The molecule has 1 aliphatic heterocycles. The van der Waals surface area contributed by atoms with Crippen LogP contribution in [0, 0.1) is 11.3 Å². The number of rotatable bonds is 4. The smallest absolute Gasteiger partial charge is 0.235 e. The molecule has 0 aromatic heterocycles. The molecule has 0 spiro atoms. The van der Waals surface area contributed by atoms with Gasteiger partial charge in [0, 0.05) is 20.1 Å². The molecular weight excluding hydrogens is 262 g/mol. The first-order valence-electron chi connectivity index (χ1n) is 6.67. The Hall–Kier alpha value is -1.17. The molecule has 1 saturated heterocycles.